The summed E-state index contributed by atoms with van der Waals surface area (Å²) in [6.07, 6.45) is 2.06. The number of nitrogens with zero attached hydrogens (tertiary/aromatic N) is 4. The number of imidazole rings is 1. The smallest absolute Gasteiger partial charge is 0.280 e. The van der Waals surface area contributed by atoms with Crippen molar-refractivity contribution in [3.8, 4) is 5.75 Å². The molecule has 0 fully saturated rings. The summed E-state index contributed by atoms with van der Waals surface area (Å²) in [5.41, 5.74) is 0.202. The van der Waals surface area contributed by atoms with Gasteiger partial charge in [-0.2, -0.15) is 12.7 Å². The van der Waals surface area contributed by atoms with E-state index in [4.69, 9.17) is 4.74 Å². The van der Waals surface area contributed by atoms with Crippen molar-refractivity contribution in [2.75, 3.05) is 31.5 Å². The van der Waals surface area contributed by atoms with E-state index >= 15 is 0 Å². The number of aliphatic hydroxyl groups excluding tert-OH is 1. The molecule has 39 heavy (non-hydrogen) atoms. The lowest BCUT2D eigenvalue weighted by molar-refractivity contribution is 0.0387. The van der Waals surface area contributed by atoms with Crippen LogP contribution in [0, 0.1) is 5.92 Å². The number of hydrogen-bond acceptors (Lipinski definition) is 9. The zero-order chi connectivity index (χ0) is 28.5. The largest absolute Gasteiger partial charge is 0.488 e. The molecule has 12 nitrogen and oxygen atoms in total. The van der Waals surface area contributed by atoms with Gasteiger partial charge in [-0.15, -0.1) is 11.3 Å². The molecule has 0 aliphatic carbocycles. The number of aryl methyl sites for hydroxylation is 1. The second kappa shape index (κ2) is 11.3. The summed E-state index contributed by atoms with van der Waals surface area (Å²) in [6.45, 7) is 3.44. The van der Waals surface area contributed by atoms with Gasteiger partial charge in [0.15, 0.2) is 5.03 Å². The fraction of sp³-hybridized carbons (Fsp3) is 0.417. The summed E-state index contributed by atoms with van der Waals surface area (Å²) in [5.74, 6) is -0.580. The van der Waals surface area contributed by atoms with Crippen LogP contribution in [0.1, 0.15) is 24.2 Å². The van der Waals surface area contributed by atoms with Crippen LogP contribution >= 0.6 is 11.3 Å². The van der Waals surface area contributed by atoms with Crippen LogP contribution in [0.25, 0.3) is 0 Å². The molecule has 3 heterocycles. The van der Waals surface area contributed by atoms with E-state index in [1.54, 1.807) is 25.4 Å². The van der Waals surface area contributed by atoms with Gasteiger partial charge < -0.3 is 19.3 Å². The quantitative estimate of drug-likeness (QED) is 0.379. The van der Waals surface area contributed by atoms with Gasteiger partial charge in [0.05, 0.1) is 31.1 Å². The molecule has 3 aromatic rings. The van der Waals surface area contributed by atoms with Gasteiger partial charge in [-0.1, -0.05) is 13.0 Å². The predicted octanol–water partition coefficient (Wildman–Crippen LogP) is 1.82. The summed E-state index contributed by atoms with van der Waals surface area (Å²) >= 11 is 1.12. The highest BCUT2D eigenvalue weighted by atomic mass is 32.2. The lowest BCUT2D eigenvalue weighted by atomic mass is 9.99. The Bertz CT molecular complexity index is 1540. The van der Waals surface area contributed by atoms with Gasteiger partial charge >= 0.3 is 0 Å². The van der Waals surface area contributed by atoms with Crippen LogP contribution in [0.5, 0.6) is 5.75 Å². The molecule has 212 valence electrons. The third kappa shape index (κ3) is 6.11. The minimum Gasteiger partial charge on any atom is -0.488 e. The molecule has 4 rings (SSSR count). The SMILES string of the molecule is C[C@@H]1CN([C@H](C)CO)C(=O)c2cc(NS(=O)(=O)c3cn(C)cn3)ccc2O[C@@H]1CN(C)S(=O)(=O)c1cccs1. The van der Waals surface area contributed by atoms with E-state index in [0.29, 0.717) is 0 Å². The maximum atomic E-state index is 13.6. The number of aliphatic hydroxyl groups is 1. The summed E-state index contributed by atoms with van der Waals surface area (Å²) in [4.78, 5) is 19.0. The number of nitrogens with one attached hydrogen (secondary N) is 1. The van der Waals surface area contributed by atoms with Crippen LogP contribution in [0.3, 0.4) is 0 Å². The molecule has 1 amide bonds. The van der Waals surface area contributed by atoms with Crippen molar-refractivity contribution in [2.24, 2.45) is 13.0 Å². The first-order valence-electron chi connectivity index (χ1n) is 12.1. The molecule has 0 saturated carbocycles. The second-order valence-electron chi connectivity index (χ2n) is 9.53. The van der Waals surface area contributed by atoms with Crippen LogP contribution in [0.15, 0.2) is 57.5 Å². The Labute approximate surface area is 231 Å². The number of likely N-dealkylation sites (N-methyl/N-ethyl adjacent to an activating group) is 1. The highest BCUT2D eigenvalue weighted by Gasteiger charge is 2.35. The third-order valence-corrected chi connectivity index (χ3v) is 10.9. The normalized spacial score (nSPS) is 19.2. The fourth-order valence-electron chi connectivity index (χ4n) is 4.15. The molecular formula is C24H31N5O7S3. The predicted molar refractivity (Wildman–Crippen MR) is 146 cm³/mol. The van der Waals surface area contributed by atoms with Gasteiger partial charge in [-0.25, -0.2) is 13.4 Å². The Morgan fingerprint density at radius 2 is 2.03 bits per heavy atom. The Balaban J connectivity index is 1.68. The molecule has 0 unspecified atom stereocenters. The molecule has 2 aromatic heterocycles. The number of carbonyl (C=O) groups excluding carboxylic acids is 1. The summed E-state index contributed by atoms with van der Waals surface area (Å²) in [6, 6.07) is 6.95. The van der Waals surface area contributed by atoms with Crippen LogP contribution in [0.2, 0.25) is 0 Å². The van der Waals surface area contributed by atoms with Crippen molar-refractivity contribution in [2.45, 2.75) is 35.2 Å². The molecule has 2 N–H and O–H groups in total. The number of fused-ring (bicyclic) bond motifs is 1. The third-order valence-electron chi connectivity index (χ3n) is 6.47. The maximum Gasteiger partial charge on any atom is 0.280 e. The van der Waals surface area contributed by atoms with E-state index in [0.717, 1.165) is 11.3 Å². The summed E-state index contributed by atoms with van der Waals surface area (Å²) < 4.78 is 63.3. The Morgan fingerprint density at radius 1 is 1.28 bits per heavy atom. The van der Waals surface area contributed by atoms with Gasteiger partial charge in [-0.05, 0) is 36.6 Å². The first-order chi connectivity index (χ1) is 18.3. The molecule has 3 atom stereocenters. The molecule has 1 aromatic carbocycles. The van der Waals surface area contributed by atoms with Crippen molar-refractivity contribution in [1.29, 1.82) is 0 Å². The van der Waals surface area contributed by atoms with E-state index in [2.05, 4.69) is 9.71 Å². The van der Waals surface area contributed by atoms with Crippen molar-refractivity contribution in [3.05, 3.63) is 53.8 Å². The molecule has 15 heteroatoms. The molecule has 1 aliphatic rings. The van der Waals surface area contributed by atoms with E-state index in [1.807, 2.05) is 6.92 Å². The van der Waals surface area contributed by atoms with Crippen molar-refractivity contribution >= 4 is 43.0 Å². The number of anilines is 1. The molecule has 0 bridgehead atoms. The van der Waals surface area contributed by atoms with Gasteiger partial charge in [0.25, 0.3) is 26.0 Å². The first kappa shape index (κ1) is 29.0. The van der Waals surface area contributed by atoms with Crippen LogP contribution in [-0.4, -0.2) is 85.5 Å². The zero-order valence-corrected chi connectivity index (χ0v) is 24.3. The van der Waals surface area contributed by atoms with E-state index < -0.39 is 38.1 Å². The summed E-state index contributed by atoms with van der Waals surface area (Å²) in [7, 11) is -4.65. The standard InChI is InChI=1S/C24H31N5O7S3/c1-16-11-29(17(2)14-30)24(31)19-10-18(26-38(32,33)22-13-27(3)15-25-22)7-8-20(19)36-21(16)12-28(4)39(34,35)23-6-5-9-37-23/h5-10,13,15-17,21,26,30H,11-12,14H2,1-4H3/t16-,17-,21-/m1/s1. The Morgan fingerprint density at radius 3 is 2.64 bits per heavy atom. The molecular weight excluding hydrogens is 566 g/mol. The maximum absolute atomic E-state index is 13.6. The van der Waals surface area contributed by atoms with Gasteiger partial charge in [0.1, 0.15) is 16.1 Å². The van der Waals surface area contributed by atoms with Gasteiger partial charge in [0, 0.05) is 38.4 Å². The monoisotopic (exact) mass is 597 g/mol. The Kier molecular flexibility index (Phi) is 8.37. The van der Waals surface area contributed by atoms with Crippen LogP contribution < -0.4 is 9.46 Å². The molecule has 0 saturated heterocycles. The minimum absolute atomic E-state index is 0.00440. The molecule has 0 radical (unpaired) electrons. The summed E-state index contributed by atoms with van der Waals surface area (Å²) in [5, 5.41) is 11.4. The zero-order valence-electron chi connectivity index (χ0n) is 21.9. The van der Waals surface area contributed by atoms with Gasteiger partial charge in [0.2, 0.25) is 0 Å². The van der Waals surface area contributed by atoms with Crippen molar-refractivity contribution < 1.29 is 31.5 Å². The minimum atomic E-state index is -4.02. The fourth-order valence-corrected chi connectivity index (χ4v) is 7.57. The number of aromatic nitrogens is 2. The number of amides is 1. The topological polar surface area (TPSA) is 151 Å². The number of benzene rings is 1. The number of thiophene rings is 1. The average molecular weight is 598 g/mol. The number of carbonyl (C=O) groups is 1. The highest BCUT2D eigenvalue weighted by Crippen LogP contribution is 2.32. The molecule has 0 spiro atoms. The second-order valence-corrected chi connectivity index (χ2v) is 14.4. The van der Waals surface area contributed by atoms with Crippen molar-refractivity contribution in [3.63, 3.8) is 0 Å². The lowest BCUT2D eigenvalue weighted by Crippen LogP contribution is -2.50. The van der Waals surface area contributed by atoms with E-state index in [1.165, 1.54) is 57.6 Å². The lowest BCUT2D eigenvalue weighted by Gasteiger charge is -2.38. The average Bonchev–Trinajstić information content (AvgIpc) is 3.59. The number of ether oxygens (including phenoxy) is 1. The first-order valence-corrected chi connectivity index (χ1v) is 15.9. The van der Waals surface area contributed by atoms with E-state index in [-0.39, 0.29) is 51.8 Å². The molecule has 1 aliphatic heterocycles. The Hall–Kier alpha value is -2.98. The van der Waals surface area contributed by atoms with Crippen LogP contribution in [-0.2, 0) is 27.1 Å². The number of hydrogen-bond donors (Lipinski definition) is 2. The van der Waals surface area contributed by atoms with Gasteiger partial charge in [-0.3, -0.25) is 9.52 Å². The van der Waals surface area contributed by atoms with Crippen LogP contribution in [0.4, 0.5) is 5.69 Å². The highest BCUT2D eigenvalue weighted by molar-refractivity contribution is 7.92. The van der Waals surface area contributed by atoms with E-state index in [9.17, 15) is 26.7 Å². The van der Waals surface area contributed by atoms with Crippen molar-refractivity contribution in [1.82, 2.24) is 18.8 Å². The number of sulfonamides is 2. The number of rotatable bonds is 9.